The first-order valence-corrected chi connectivity index (χ1v) is 9.06. The summed E-state index contributed by atoms with van der Waals surface area (Å²) in [5.74, 6) is -0.561. The van der Waals surface area contributed by atoms with Crippen molar-refractivity contribution in [3.8, 4) is 0 Å². The number of rotatable bonds is 4. The van der Waals surface area contributed by atoms with Gasteiger partial charge in [-0.25, -0.2) is 4.79 Å². The normalized spacial score (nSPS) is 10.9. The molecule has 0 bridgehead atoms. The van der Waals surface area contributed by atoms with E-state index in [2.05, 4.69) is 10.4 Å². The molecule has 0 saturated heterocycles. The molecule has 0 fully saturated rings. The smallest absolute Gasteiger partial charge is 0.349 e. The largest absolute Gasteiger partial charge is 0.422 e. The highest BCUT2D eigenvalue weighted by Gasteiger charge is 2.14. The Kier molecular flexibility index (Phi) is 4.90. The van der Waals surface area contributed by atoms with E-state index in [1.54, 1.807) is 47.3 Å². The fourth-order valence-electron chi connectivity index (χ4n) is 2.76. The van der Waals surface area contributed by atoms with Crippen LogP contribution in [-0.4, -0.2) is 15.7 Å². The highest BCUT2D eigenvalue weighted by molar-refractivity contribution is 6.42. The van der Waals surface area contributed by atoms with Crippen LogP contribution in [0.1, 0.15) is 15.9 Å². The minimum atomic E-state index is -0.695. The predicted molar refractivity (Wildman–Crippen MR) is 108 cm³/mol. The first kappa shape index (κ1) is 18.3. The molecule has 0 spiro atoms. The van der Waals surface area contributed by atoms with Gasteiger partial charge in [0.05, 0.1) is 28.5 Å². The van der Waals surface area contributed by atoms with Gasteiger partial charge in [0.2, 0.25) is 0 Å². The van der Waals surface area contributed by atoms with E-state index in [1.165, 1.54) is 12.3 Å². The van der Waals surface area contributed by atoms with Crippen molar-refractivity contribution in [1.82, 2.24) is 9.78 Å². The second-order valence-corrected chi connectivity index (χ2v) is 6.93. The molecule has 1 N–H and O–H groups in total. The maximum absolute atomic E-state index is 12.5. The highest BCUT2D eigenvalue weighted by Crippen LogP contribution is 2.23. The van der Waals surface area contributed by atoms with Crippen molar-refractivity contribution in [3.05, 3.63) is 92.5 Å². The number of fused-ring (bicyclic) bond motifs is 1. The number of hydrogen-bond acceptors (Lipinski definition) is 4. The summed E-state index contributed by atoms with van der Waals surface area (Å²) in [4.78, 5) is 24.6. The molecule has 140 valence electrons. The molecule has 28 heavy (non-hydrogen) atoms. The predicted octanol–water partition coefficient (Wildman–Crippen LogP) is 4.60. The highest BCUT2D eigenvalue weighted by atomic mass is 35.5. The van der Waals surface area contributed by atoms with Gasteiger partial charge in [-0.2, -0.15) is 5.10 Å². The standard InChI is InChI=1S/C20H13Cl2N3O3/c21-16-6-5-12(7-17(16)22)10-25-11-14(9-23-25)24-19(26)15-8-13-3-1-2-4-18(13)28-20(15)27/h1-9,11H,10H2,(H,24,26). The van der Waals surface area contributed by atoms with Crippen molar-refractivity contribution in [2.75, 3.05) is 5.32 Å². The van der Waals surface area contributed by atoms with Crippen LogP contribution in [0.25, 0.3) is 11.0 Å². The molecule has 6 nitrogen and oxygen atoms in total. The lowest BCUT2D eigenvalue weighted by Crippen LogP contribution is -2.20. The van der Waals surface area contributed by atoms with Crippen LogP contribution in [-0.2, 0) is 6.54 Å². The van der Waals surface area contributed by atoms with Gasteiger partial charge in [-0.05, 0) is 29.8 Å². The number of benzene rings is 2. The lowest BCUT2D eigenvalue weighted by Gasteiger charge is -2.04. The number of aromatic nitrogens is 2. The Hall–Kier alpha value is -3.09. The van der Waals surface area contributed by atoms with E-state index in [9.17, 15) is 9.59 Å². The lowest BCUT2D eigenvalue weighted by atomic mass is 10.2. The van der Waals surface area contributed by atoms with E-state index in [1.807, 2.05) is 6.07 Å². The second-order valence-electron chi connectivity index (χ2n) is 6.11. The van der Waals surface area contributed by atoms with Gasteiger partial charge in [-0.15, -0.1) is 0 Å². The van der Waals surface area contributed by atoms with Crippen molar-refractivity contribution < 1.29 is 9.21 Å². The summed E-state index contributed by atoms with van der Waals surface area (Å²) in [6.45, 7) is 0.449. The van der Waals surface area contributed by atoms with Crippen LogP contribution in [0.4, 0.5) is 5.69 Å². The molecule has 1 amide bonds. The molecule has 0 radical (unpaired) electrons. The molecule has 0 aliphatic carbocycles. The molecule has 0 aliphatic heterocycles. The molecular formula is C20H13Cl2N3O3. The first-order valence-electron chi connectivity index (χ1n) is 8.30. The van der Waals surface area contributed by atoms with Crippen LogP contribution in [0.2, 0.25) is 10.0 Å². The van der Waals surface area contributed by atoms with Crippen molar-refractivity contribution in [2.45, 2.75) is 6.54 Å². The van der Waals surface area contributed by atoms with Gasteiger partial charge in [0, 0.05) is 11.6 Å². The Bertz CT molecular complexity index is 1250. The molecule has 0 unspecified atom stereocenters. The summed E-state index contributed by atoms with van der Waals surface area (Å²) in [7, 11) is 0. The Morgan fingerprint density at radius 1 is 1.11 bits per heavy atom. The first-order chi connectivity index (χ1) is 13.5. The summed E-state index contributed by atoms with van der Waals surface area (Å²) in [5, 5.41) is 8.48. The average molecular weight is 414 g/mol. The Morgan fingerprint density at radius 3 is 2.75 bits per heavy atom. The number of para-hydroxylation sites is 1. The molecule has 2 heterocycles. The third-order valence-corrected chi connectivity index (χ3v) is 4.84. The summed E-state index contributed by atoms with van der Waals surface area (Å²) >= 11 is 11.9. The van der Waals surface area contributed by atoms with Crippen LogP contribution in [0, 0.1) is 0 Å². The number of nitrogens with zero attached hydrogens (tertiary/aromatic N) is 2. The number of hydrogen-bond donors (Lipinski definition) is 1. The van der Waals surface area contributed by atoms with Gasteiger partial charge in [-0.1, -0.05) is 47.5 Å². The minimum Gasteiger partial charge on any atom is -0.422 e. The van der Waals surface area contributed by atoms with Crippen LogP contribution in [0.3, 0.4) is 0 Å². The third-order valence-electron chi connectivity index (χ3n) is 4.11. The van der Waals surface area contributed by atoms with E-state index in [0.29, 0.717) is 33.2 Å². The number of nitrogens with one attached hydrogen (secondary N) is 1. The molecule has 0 aliphatic rings. The quantitative estimate of drug-likeness (QED) is 0.496. The average Bonchev–Trinajstić information content (AvgIpc) is 3.11. The maximum Gasteiger partial charge on any atom is 0.349 e. The fourth-order valence-corrected chi connectivity index (χ4v) is 3.08. The molecule has 8 heteroatoms. The number of carbonyl (C=O) groups is 1. The van der Waals surface area contributed by atoms with Crippen LogP contribution >= 0.6 is 23.2 Å². The topological polar surface area (TPSA) is 77.1 Å². The number of carbonyl (C=O) groups excluding carboxylic acids is 1. The maximum atomic E-state index is 12.5. The molecule has 0 atom stereocenters. The van der Waals surface area contributed by atoms with E-state index >= 15 is 0 Å². The summed E-state index contributed by atoms with van der Waals surface area (Å²) < 4.78 is 6.83. The van der Waals surface area contributed by atoms with E-state index in [4.69, 9.17) is 27.6 Å². The van der Waals surface area contributed by atoms with E-state index in [-0.39, 0.29) is 5.56 Å². The number of anilines is 1. The van der Waals surface area contributed by atoms with Crippen molar-refractivity contribution in [2.24, 2.45) is 0 Å². The minimum absolute atomic E-state index is 0.0732. The zero-order valence-corrected chi connectivity index (χ0v) is 15.9. The summed E-state index contributed by atoms with van der Waals surface area (Å²) in [6.07, 6.45) is 3.15. The van der Waals surface area contributed by atoms with Gasteiger partial charge in [-0.3, -0.25) is 9.48 Å². The van der Waals surface area contributed by atoms with Crippen LogP contribution < -0.4 is 10.9 Å². The molecule has 2 aromatic carbocycles. The second kappa shape index (κ2) is 7.50. The molecule has 4 rings (SSSR count). The van der Waals surface area contributed by atoms with E-state index in [0.717, 1.165) is 5.56 Å². The van der Waals surface area contributed by atoms with Crippen LogP contribution in [0.5, 0.6) is 0 Å². The van der Waals surface area contributed by atoms with Gasteiger partial charge in [0.25, 0.3) is 5.91 Å². The fraction of sp³-hybridized carbons (Fsp3) is 0.0500. The molecule has 2 aromatic heterocycles. The number of amides is 1. The zero-order valence-electron chi connectivity index (χ0n) is 14.4. The van der Waals surface area contributed by atoms with Gasteiger partial charge in [0.1, 0.15) is 11.1 Å². The van der Waals surface area contributed by atoms with E-state index < -0.39 is 11.5 Å². The van der Waals surface area contributed by atoms with Gasteiger partial charge in [0.15, 0.2) is 0 Å². The monoisotopic (exact) mass is 413 g/mol. The lowest BCUT2D eigenvalue weighted by molar-refractivity contribution is 0.102. The Labute approximate surface area is 169 Å². The summed E-state index contributed by atoms with van der Waals surface area (Å²) in [5.41, 5.74) is 1.02. The van der Waals surface area contributed by atoms with Gasteiger partial charge < -0.3 is 9.73 Å². The SMILES string of the molecule is O=C(Nc1cnn(Cc2ccc(Cl)c(Cl)c2)c1)c1cc2ccccc2oc1=O. The van der Waals surface area contributed by atoms with Crippen LogP contribution in [0.15, 0.2) is 70.1 Å². The molecule has 0 saturated carbocycles. The van der Waals surface area contributed by atoms with Gasteiger partial charge >= 0.3 is 5.63 Å². The molecule has 4 aromatic rings. The van der Waals surface area contributed by atoms with Crippen molar-refractivity contribution in [3.63, 3.8) is 0 Å². The summed E-state index contributed by atoms with van der Waals surface area (Å²) in [6, 6.07) is 13.8. The molecular weight excluding hydrogens is 401 g/mol. The Balaban J connectivity index is 1.52. The van der Waals surface area contributed by atoms with Crippen molar-refractivity contribution >= 4 is 45.8 Å². The Morgan fingerprint density at radius 2 is 1.93 bits per heavy atom. The van der Waals surface area contributed by atoms with Crippen molar-refractivity contribution in [1.29, 1.82) is 0 Å². The zero-order chi connectivity index (χ0) is 19.7. The third kappa shape index (κ3) is 3.78. The number of halogens is 2.